The van der Waals surface area contributed by atoms with E-state index in [4.69, 9.17) is 14.2 Å². The lowest BCUT2D eigenvalue weighted by Gasteiger charge is -2.10. The predicted molar refractivity (Wildman–Crippen MR) is 54.2 cm³/mol. The van der Waals surface area contributed by atoms with Crippen molar-refractivity contribution in [3.63, 3.8) is 0 Å². The maximum Gasteiger partial charge on any atom is 0.339 e. The highest BCUT2D eigenvalue weighted by Gasteiger charge is 2.22. The fraction of sp³-hybridized carbons (Fsp3) is 0.364. The van der Waals surface area contributed by atoms with E-state index in [0.29, 0.717) is 17.1 Å². The van der Waals surface area contributed by atoms with E-state index in [1.165, 1.54) is 0 Å². The normalized spacial score (nSPS) is 14.6. The minimum Gasteiger partial charge on any atom is -0.464 e. The van der Waals surface area contributed by atoms with Gasteiger partial charge < -0.3 is 19.3 Å². The Kier molecular flexibility index (Phi) is 2.96. The number of hydrogen-bond acceptors (Lipinski definition) is 5. The van der Waals surface area contributed by atoms with E-state index in [0.717, 1.165) is 0 Å². The standard InChI is InChI=1S/C11H12O5/c1-2-14-11(13)10(12)7-3-4-8-9(5-7)16-6-15-8/h3-5,10,12H,2,6H2,1H3/t10-/m1/s1. The lowest BCUT2D eigenvalue weighted by Crippen LogP contribution is -2.15. The second kappa shape index (κ2) is 4.40. The molecule has 0 saturated carbocycles. The SMILES string of the molecule is CCOC(=O)[C@H](O)c1ccc2c(c1)OCO2. The van der Waals surface area contributed by atoms with E-state index in [9.17, 15) is 9.90 Å². The van der Waals surface area contributed by atoms with Gasteiger partial charge in [0.1, 0.15) is 0 Å². The average molecular weight is 224 g/mol. The van der Waals surface area contributed by atoms with Gasteiger partial charge >= 0.3 is 5.97 Å². The van der Waals surface area contributed by atoms with Crippen molar-refractivity contribution < 1.29 is 24.1 Å². The smallest absolute Gasteiger partial charge is 0.339 e. The molecule has 0 fully saturated rings. The summed E-state index contributed by atoms with van der Waals surface area (Å²) in [4.78, 5) is 11.3. The van der Waals surface area contributed by atoms with Crippen LogP contribution in [0.15, 0.2) is 18.2 Å². The van der Waals surface area contributed by atoms with Crippen molar-refractivity contribution in [3.8, 4) is 11.5 Å². The summed E-state index contributed by atoms with van der Waals surface area (Å²) < 4.78 is 15.0. The highest BCUT2D eigenvalue weighted by Crippen LogP contribution is 2.34. The van der Waals surface area contributed by atoms with Gasteiger partial charge in [-0.05, 0) is 24.6 Å². The summed E-state index contributed by atoms with van der Waals surface area (Å²) in [6.07, 6.45) is -1.28. The van der Waals surface area contributed by atoms with Crippen LogP contribution in [0.2, 0.25) is 0 Å². The molecular weight excluding hydrogens is 212 g/mol. The van der Waals surface area contributed by atoms with Gasteiger partial charge in [0.25, 0.3) is 0 Å². The minimum atomic E-state index is -1.28. The maximum absolute atomic E-state index is 11.3. The molecule has 5 nitrogen and oxygen atoms in total. The third-order valence-corrected chi connectivity index (χ3v) is 2.22. The van der Waals surface area contributed by atoms with Gasteiger partial charge in [0.05, 0.1) is 6.61 Å². The van der Waals surface area contributed by atoms with Crippen LogP contribution in [0.25, 0.3) is 0 Å². The van der Waals surface area contributed by atoms with Gasteiger partial charge in [-0.15, -0.1) is 0 Å². The van der Waals surface area contributed by atoms with Crippen molar-refractivity contribution in [3.05, 3.63) is 23.8 Å². The lowest BCUT2D eigenvalue weighted by molar-refractivity contribution is -0.153. The van der Waals surface area contributed by atoms with Crippen LogP contribution in [0, 0.1) is 0 Å². The Bertz CT molecular complexity index is 401. The second-order valence-corrected chi connectivity index (χ2v) is 3.27. The number of esters is 1. The fourth-order valence-corrected chi connectivity index (χ4v) is 1.44. The first-order valence-corrected chi connectivity index (χ1v) is 4.96. The molecule has 0 aromatic heterocycles. The summed E-state index contributed by atoms with van der Waals surface area (Å²) in [5.74, 6) is 0.474. The van der Waals surface area contributed by atoms with E-state index < -0.39 is 12.1 Å². The van der Waals surface area contributed by atoms with Crippen LogP contribution in [0.5, 0.6) is 11.5 Å². The number of aliphatic hydroxyl groups is 1. The molecule has 5 heteroatoms. The molecule has 0 aliphatic carbocycles. The molecule has 0 bridgehead atoms. The molecule has 2 rings (SSSR count). The molecule has 86 valence electrons. The Morgan fingerprint density at radius 3 is 3.00 bits per heavy atom. The molecule has 0 amide bonds. The van der Waals surface area contributed by atoms with E-state index >= 15 is 0 Å². The zero-order chi connectivity index (χ0) is 11.5. The molecule has 1 atom stereocenters. The molecule has 0 saturated heterocycles. The summed E-state index contributed by atoms with van der Waals surface area (Å²) in [5.41, 5.74) is 0.433. The largest absolute Gasteiger partial charge is 0.464 e. The second-order valence-electron chi connectivity index (χ2n) is 3.27. The first-order chi connectivity index (χ1) is 7.72. The molecule has 1 aromatic carbocycles. The first-order valence-electron chi connectivity index (χ1n) is 4.96. The average Bonchev–Trinajstić information content (AvgIpc) is 2.75. The maximum atomic E-state index is 11.3. The van der Waals surface area contributed by atoms with E-state index in [2.05, 4.69) is 0 Å². The van der Waals surface area contributed by atoms with Gasteiger partial charge in [0.15, 0.2) is 17.6 Å². The number of benzene rings is 1. The molecule has 1 N–H and O–H groups in total. The monoisotopic (exact) mass is 224 g/mol. The highest BCUT2D eigenvalue weighted by atomic mass is 16.7. The van der Waals surface area contributed by atoms with Gasteiger partial charge in [-0.3, -0.25) is 0 Å². The number of carbonyl (C=O) groups is 1. The quantitative estimate of drug-likeness (QED) is 0.776. The van der Waals surface area contributed by atoms with Crippen LogP contribution in [0.4, 0.5) is 0 Å². The third-order valence-electron chi connectivity index (χ3n) is 2.22. The topological polar surface area (TPSA) is 65.0 Å². The summed E-state index contributed by atoms with van der Waals surface area (Å²) in [6, 6.07) is 4.83. The zero-order valence-corrected chi connectivity index (χ0v) is 8.80. The number of rotatable bonds is 3. The highest BCUT2D eigenvalue weighted by molar-refractivity contribution is 5.76. The van der Waals surface area contributed by atoms with Gasteiger partial charge in [0, 0.05) is 0 Å². The molecule has 16 heavy (non-hydrogen) atoms. The molecule has 0 unspecified atom stereocenters. The molecule has 0 radical (unpaired) electrons. The molecule has 1 aromatic rings. The Morgan fingerprint density at radius 2 is 2.25 bits per heavy atom. The molecule has 0 spiro atoms. The van der Waals surface area contributed by atoms with Crippen LogP contribution >= 0.6 is 0 Å². The number of aliphatic hydroxyl groups excluding tert-OH is 1. The Balaban J connectivity index is 2.18. The minimum absolute atomic E-state index is 0.161. The van der Waals surface area contributed by atoms with Gasteiger partial charge in [-0.25, -0.2) is 4.79 Å². The Hall–Kier alpha value is -1.75. The van der Waals surface area contributed by atoms with Crippen molar-refractivity contribution >= 4 is 5.97 Å². The van der Waals surface area contributed by atoms with Crippen LogP contribution in [-0.4, -0.2) is 24.5 Å². The van der Waals surface area contributed by atoms with Crippen molar-refractivity contribution in [2.45, 2.75) is 13.0 Å². The zero-order valence-electron chi connectivity index (χ0n) is 8.80. The fourth-order valence-electron chi connectivity index (χ4n) is 1.44. The number of ether oxygens (including phenoxy) is 3. The number of fused-ring (bicyclic) bond motifs is 1. The van der Waals surface area contributed by atoms with Gasteiger partial charge in [0.2, 0.25) is 6.79 Å². The van der Waals surface area contributed by atoms with E-state index in [1.807, 2.05) is 0 Å². The predicted octanol–water partition coefficient (Wildman–Crippen LogP) is 1.01. The Morgan fingerprint density at radius 1 is 1.50 bits per heavy atom. The lowest BCUT2D eigenvalue weighted by atomic mass is 10.1. The van der Waals surface area contributed by atoms with Crippen LogP contribution in [0.3, 0.4) is 0 Å². The summed E-state index contributed by atoms with van der Waals surface area (Å²) in [5, 5.41) is 9.68. The summed E-state index contributed by atoms with van der Waals surface area (Å²) in [6.45, 7) is 2.08. The van der Waals surface area contributed by atoms with Gasteiger partial charge in [-0.1, -0.05) is 6.07 Å². The van der Waals surface area contributed by atoms with Gasteiger partial charge in [-0.2, -0.15) is 0 Å². The van der Waals surface area contributed by atoms with Crippen LogP contribution in [0.1, 0.15) is 18.6 Å². The summed E-state index contributed by atoms with van der Waals surface area (Å²) >= 11 is 0. The third kappa shape index (κ3) is 1.94. The summed E-state index contributed by atoms with van der Waals surface area (Å²) in [7, 11) is 0. The Labute approximate surface area is 92.5 Å². The molecule has 1 aliphatic heterocycles. The van der Waals surface area contributed by atoms with Crippen molar-refractivity contribution in [2.24, 2.45) is 0 Å². The number of carbonyl (C=O) groups excluding carboxylic acids is 1. The number of hydrogen-bond donors (Lipinski definition) is 1. The first kappa shape index (κ1) is 10.8. The van der Waals surface area contributed by atoms with Crippen LogP contribution in [-0.2, 0) is 9.53 Å². The van der Waals surface area contributed by atoms with Crippen LogP contribution < -0.4 is 9.47 Å². The van der Waals surface area contributed by atoms with E-state index in [-0.39, 0.29) is 13.4 Å². The van der Waals surface area contributed by atoms with E-state index in [1.54, 1.807) is 25.1 Å². The van der Waals surface area contributed by atoms with Crippen molar-refractivity contribution in [2.75, 3.05) is 13.4 Å². The van der Waals surface area contributed by atoms with Crippen molar-refractivity contribution in [1.29, 1.82) is 0 Å². The molecular formula is C11H12O5. The molecule has 1 heterocycles. The van der Waals surface area contributed by atoms with Crippen molar-refractivity contribution in [1.82, 2.24) is 0 Å². The molecule has 1 aliphatic rings.